The molecule has 13 nitrogen and oxygen atoms in total. The van der Waals surface area contributed by atoms with Gasteiger partial charge >= 0.3 is 5.97 Å². The van der Waals surface area contributed by atoms with E-state index in [-0.39, 0.29) is 27.1 Å². The Kier molecular flexibility index (Phi) is 9.86. The number of anilines is 1. The van der Waals surface area contributed by atoms with Crippen LogP contribution in [0.3, 0.4) is 0 Å². The van der Waals surface area contributed by atoms with Crippen molar-refractivity contribution in [2.45, 2.75) is 12.0 Å². The van der Waals surface area contributed by atoms with Gasteiger partial charge in [-0.15, -0.1) is 0 Å². The molecule has 0 saturated heterocycles. The molecule has 244 valence electrons. The number of carboxylic acid groups (broad SMARTS) is 1. The number of nitrogens with zero attached hydrogens (tertiary/aromatic N) is 2. The molecule has 0 spiro atoms. The molecule has 3 amide bonds. The summed E-state index contributed by atoms with van der Waals surface area (Å²) in [6.07, 6.45) is 1.67. The van der Waals surface area contributed by atoms with E-state index in [0.717, 1.165) is 16.5 Å². The highest BCUT2D eigenvalue weighted by molar-refractivity contribution is 6.40. The lowest BCUT2D eigenvalue weighted by Crippen LogP contribution is -2.50. The first kappa shape index (κ1) is 33.1. The first-order chi connectivity index (χ1) is 22.4. The summed E-state index contributed by atoms with van der Waals surface area (Å²) in [7, 11) is 0. The molecule has 3 aromatic carbocycles. The van der Waals surface area contributed by atoms with Crippen molar-refractivity contribution in [1.82, 2.24) is 31.5 Å². The number of hydrogen-bond acceptors (Lipinski definition) is 8. The molecule has 0 saturated carbocycles. The van der Waals surface area contributed by atoms with E-state index < -0.39 is 61.8 Å². The molecule has 1 aromatic heterocycles. The molecule has 2 heterocycles. The van der Waals surface area contributed by atoms with Crippen LogP contribution in [-0.4, -0.2) is 83.1 Å². The van der Waals surface area contributed by atoms with Crippen LogP contribution in [0.4, 0.5) is 14.5 Å². The number of guanidine groups is 1. The molecule has 17 heteroatoms. The predicted molar refractivity (Wildman–Crippen MR) is 171 cm³/mol. The van der Waals surface area contributed by atoms with Gasteiger partial charge in [0.1, 0.15) is 12.6 Å². The van der Waals surface area contributed by atoms with Gasteiger partial charge in [-0.2, -0.15) is 5.10 Å². The number of aromatic amines is 1. The van der Waals surface area contributed by atoms with Crippen molar-refractivity contribution in [2.24, 2.45) is 4.99 Å². The van der Waals surface area contributed by atoms with Gasteiger partial charge in [-0.1, -0.05) is 41.4 Å². The van der Waals surface area contributed by atoms with Gasteiger partial charge in [-0.05, 0) is 47.5 Å². The van der Waals surface area contributed by atoms with Crippen molar-refractivity contribution < 1.29 is 33.1 Å². The van der Waals surface area contributed by atoms with E-state index in [2.05, 4.69) is 41.8 Å². The fourth-order valence-electron chi connectivity index (χ4n) is 4.52. The number of aliphatic imine (C=N–C) groups is 1. The fraction of sp³-hybridized carbons (Fsp3) is 0.200. The number of carboxylic acids is 1. The molecule has 4 aromatic rings. The van der Waals surface area contributed by atoms with E-state index in [4.69, 9.17) is 23.2 Å². The third-order valence-electron chi connectivity index (χ3n) is 6.93. The van der Waals surface area contributed by atoms with Gasteiger partial charge in [0.2, 0.25) is 5.91 Å². The van der Waals surface area contributed by atoms with Gasteiger partial charge in [-0.3, -0.25) is 19.5 Å². The third-order valence-corrected chi connectivity index (χ3v) is 7.53. The molecule has 7 N–H and O–H groups in total. The highest BCUT2D eigenvalue weighted by atomic mass is 35.5. The Morgan fingerprint density at radius 2 is 1.74 bits per heavy atom. The maximum atomic E-state index is 13.3. The second-order valence-electron chi connectivity index (χ2n) is 10.4. The number of aliphatic carboxylic acids is 1. The number of H-pyrrole nitrogens is 1. The summed E-state index contributed by atoms with van der Waals surface area (Å²) in [5.74, 6) is -6.50. The molecule has 0 radical (unpaired) electrons. The molecule has 0 aliphatic carbocycles. The molecule has 1 atom stereocenters. The van der Waals surface area contributed by atoms with Crippen LogP contribution in [0, 0.1) is 0 Å². The van der Waals surface area contributed by atoms with Crippen molar-refractivity contribution in [3.8, 4) is 11.1 Å². The Morgan fingerprint density at radius 3 is 2.45 bits per heavy atom. The summed E-state index contributed by atoms with van der Waals surface area (Å²) in [5.41, 5.74) is 2.55. The Balaban J connectivity index is 1.14. The lowest BCUT2D eigenvalue weighted by Gasteiger charge is -2.23. The average Bonchev–Trinajstić information content (AvgIpc) is 3.51. The van der Waals surface area contributed by atoms with Crippen LogP contribution in [-0.2, 0) is 9.59 Å². The normalized spacial score (nSPS) is 14.3. The molecule has 1 aliphatic rings. The number of alkyl halides is 2. The zero-order chi connectivity index (χ0) is 33.7. The number of nitrogens with one attached hydrogen (secondary N) is 6. The number of carbonyl (C=O) groups is 4. The van der Waals surface area contributed by atoms with Crippen LogP contribution in [0.1, 0.15) is 20.7 Å². The number of rotatable bonds is 10. The minimum atomic E-state index is -2.95. The number of benzene rings is 3. The number of fused-ring (bicyclic) bond motifs is 1. The summed E-state index contributed by atoms with van der Waals surface area (Å²) >= 11 is 12.8. The van der Waals surface area contributed by atoms with Gasteiger partial charge in [0.05, 0.1) is 40.4 Å². The van der Waals surface area contributed by atoms with E-state index >= 15 is 0 Å². The maximum Gasteiger partial charge on any atom is 0.328 e. The molecule has 0 bridgehead atoms. The van der Waals surface area contributed by atoms with Crippen LogP contribution in [0.5, 0.6) is 0 Å². The molecule has 1 aliphatic heterocycles. The number of aromatic nitrogens is 2. The van der Waals surface area contributed by atoms with Gasteiger partial charge in [-0.25, -0.2) is 18.6 Å². The summed E-state index contributed by atoms with van der Waals surface area (Å²) < 4.78 is 26.6. The summed E-state index contributed by atoms with van der Waals surface area (Å²) in [6.45, 7) is -2.28. The largest absolute Gasteiger partial charge is 0.480 e. The predicted octanol–water partition coefficient (Wildman–Crippen LogP) is 3.27. The smallest absolute Gasteiger partial charge is 0.328 e. The van der Waals surface area contributed by atoms with E-state index in [0.29, 0.717) is 11.3 Å². The van der Waals surface area contributed by atoms with Gasteiger partial charge in [0, 0.05) is 23.2 Å². The van der Waals surface area contributed by atoms with E-state index in [1.165, 1.54) is 24.3 Å². The Morgan fingerprint density at radius 1 is 0.979 bits per heavy atom. The summed E-state index contributed by atoms with van der Waals surface area (Å²) in [5, 5.41) is 29.7. The van der Waals surface area contributed by atoms with Gasteiger partial charge in [0.25, 0.3) is 17.7 Å². The van der Waals surface area contributed by atoms with Crippen LogP contribution in [0.25, 0.3) is 22.0 Å². The molecular weight excluding hydrogens is 661 g/mol. The number of carbonyl (C=O) groups excluding carboxylic acids is 3. The number of amides is 3. The van der Waals surface area contributed by atoms with Crippen LogP contribution < -0.4 is 26.6 Å². The summed E-state index contributed by atoms with van der Waals surface area (Å²) in [6, 6.07) is 13.0. The molecule has 0 unspecified atom stereocenters. The number of hydrogen-bond donors (Lipinski definition) is 7. The van der Waals surface area contributed by atoms with Gasteiger partial charge < -0.3 is 31.7 Å². The zero-order valence-corrected chi connectivity index (χ0v) is 25.7. The van der Waals surface area contributed by atoms with E-state index in [1.54, 1.807) is 18.3 Å². The maximum absolute atomic E-state index is 13.3. The molecule has 5 rings (SSSR count). The molecule has 0 fully saturated rings. The monoisotopic (exact) mass is 686 g/mol. The molecular formula is C30H26Cl2F2N8O5. The fourth-order valence-corrected chi connectivity index (χ4v) is 5.18. The second kappa shape index (κ2) is 14.0. The second-order valence-corrected chi connectivity index (χ2v) is 11.2. The SMILES string of the molecule is O=C(CNC(=O)c1cccc(NC2=NCC(F)(F)CN2)c1)NC[C@@H](NC(=O)c1c(Cl)cc(-c2ccc3cn[nH]c3c2)cc1Cl)C(=O)O. The third kappa shape index (κ3) is 8.31. The minimum Gasteiger partial charge on any atom is -0.480 e. The van der Waals surface area contributed by atoms with Crippen LogP contribution in [0.15, 0.2) is 65.8 Å². The van der Waals surface area contributed by atoms with E-state index in [1.807, 2.05) is 18.2 Å². The van der Waals surface area contributed by atoms with Crippen molar-refractivity contribution >= 4 is 69.4 Å². The Labute approximate surface area is 275 Å². The lowest BCUT2D eigenvalue weighted by atomic mass is 10.0. The first-order valence-corrected chi connectivity index (χ1v) is 14.7. The highest BCUT2D eigenvalue weighted by Crippen LogP contribution is 2.33. The zero-order valence-electron chi connectivity index (χ0n) is 24.2. The quantitative estimate of drug-likeness (QED) is 0.132. The Hall–Kier alpha value is -5.28. The summed E-state index contributed by atoms with van der Waals surface area (Å²) in [4.78, 5) is 53.6. The van der Waals surface area contributed by atoms with Crippen molar-refractivity contribution in [2.75, 3.05) is 31.5 Å². The van der Waals surface area contributed by atoms with Gasteiger partial charge in [0.15, 0.2) is 5.96 Å². The van der Waals surface area contributed by atoms with Crippen LogP contribution in [0.2, 0.25) is 10.0 Å². The average molecular weight is 687 g/mol. The van der Waals surface area contributed by atoms with Crippen molar-refractivity contribution in [3.63, 3.8) is 0 Å². The standard InChI is InChI=1S/C30H26Cl2F2N8O5/c31-20-7-18(15-4-5-17-10-39-42-22(17)9-15)8-21(32)25(20)27(45)41-23(28(46)47)11-35-24(43)12-36-26(44)16-2-1-3-19(6-16)40-29-37-13-30(33,34)14-38-29/h1-10,23H,11-14H2,(H,35,43)(H,36,44)(H,39,42)(H,41,45)(H,46,47)(H2,37,38,40)/t23-/m1/s1. The topological polar surface area (TPSA) is 190 Å². The highest BCUT2D eigenvalue weighted by Gasteiger charge is 2.32. The van der Waals surface area contributed by atoms with Crippen molar-refractivity contribution in [1.29, 1.82) is 0 Å². The molecule has 47 heavy (non-hydrogen) atoms. The lowest BCUT2D eigenvalue weighted by molar-refractivity contribution is -0.139. The Bertz CT molecular complexity index is 1880. The minimum absolute atomic E-state index is 0.0191. The van der Waals surface area contributed by atoms with Crippen LogP contribution >= 0.6 is 23.2 Å². The van der Waals surface area contributed by atoms with E-state index in [9.17, 15) is 33.1 Å². The van der Waals surface area contributed by atoms with Crippen molar-refractivity contribution in [3.05, 3.63) is 82.0 Å². The first-order valence-electron chi connectivity index (χ1n) is 13.9. The number of halogens is 4.